The van der Waals surface area contributed by atoms with E-state index in [1.807, 2.05) is 31.2 Å². The molecule has 2 rings (SSSR count). The zero-order valence-corrected chi connectivity index (χ0v) is 12.6. The van der Waals surface area contributed by atoms with E-state index in [-0.39, 0.29) is 18.0 Å². The summed E-state index contributed by atoms with van der Waals surface area (Å²) in [7, 11) is 0. The molecular weight excluding hydrogens is 294 g/mol. The van der Waals surface area contributed by atoms with Gasteiger partial charge in [-0.05, 0) is 36.2 Å². The Balaban J connectivity index is 1.82. The van der Waals surface area contributed by atoms with Gasteiger partial charge < -0.3 is 10.4 Å². The van der Waals surface area contributed by atoms with Crippen LogP contribution in [0.4, 0.5) is 5.69 Å². The molecule has 2 aromatic carbocycles. The number of carbonyl (C=O) groups is 2. The van der Waals surface area contributed by atoms with Gasteiger partial charge in [-0.1, -0.05) is 30.3 Å². The van der Waals surface area contributed by atoms with Gasteiger partial charge in [0.05, 0.1) is 18.3 Å². The number of rotatable bonds is 6. The molecule has 0 aliphatic heterocycles. The fraction of sp³-hybridized carbons (Fsp3) is 0.118. The summed E-state index contributed by atoms with van der Waals surface area (Å²) in [5.41, 5.74) is 5.27. The lowest BCUT2D eigenvalue weighted by molar-refractivity contribution is -0.119. The number of nitrogens with zero attached hydrogens (tertiary/aromatic N) is 1. The Kier molecular flexibility index (Phi) is 5.46. The number of benzene rings is 2. The number of nitrogens with one attached hydrogen (secondary N) is 2. The lowest BCUT2D eigenvalue weighted by atomic mass is 10.1. The summed E-state index contributed by atoms with van der Waals surface area (Å²) in [4.78, 5) is 22.4. The quantitative estimate of drug-likeness (QED) is 0.564. The monoisotopic (exact) mass is 311 g/mol. The predicted octanol–water partition coefficient (Wildman–Crippen LogP) is 2.26. The first-order valence-electron chi connectivity index (χ1n) is 7.01. The van der Waals surface area contributed by atoms with E-state index in [1.165, 1.54) is 18.3 Å². The van der Waals surface area contributed by atoms with Gasteiger partial charge in [-0.2, -0.15) is 5.10 Å². The first-order chi connectivity index (χ1) is 11.1. The number of anilines is 1. The molecule has 0 bridgehead atoms. The van der Waals surface area contributed by atoms with Crippen molar-refractivity contribution in [3.05, 3.63) is 65.2 Å². The number of hydrazone groups is 1. The van der Waals surface area contributed by atoms with Gasteiger partial charge in [0.1, 0.15) is 0 Å². The Morgan fingerprint density at radius 2 is 1.83 bits per heavy atom. The minimum atomic E-state index is -0.982. The highest BCUT2D eigenvalue weighted by atomic mass is 16.4. The number of aryl methyl sites for hydroxylation is 1. The highest BCUT2D eigenvalue weighted by Gasteiger charge is 2.02. The maximum absolute atomic E-state index is 11.7. The Morgan fingerprint density at radius 1 is 1.13 bits per heavy atom. The van der Waals surface area contributed by atoms with Gasteiger partial charge in [-0.3, -0.25) is 4.79 Å². The summed E-state index contributed by atoms with van der Waals surface area (Å²) in [5.74, 6) is -1.25. The molecule has 0 unspecified atom stereocenters. The van der Waals surface area contributed by atoms with Crippen LogP contribution in [0.5, 0.6) is 0 Å². The van der Waals surface area contributed by atoms with Gasteiger partial charge in [0.15, 0.2) is 0 Å². The molecule has 0 aliphatic carbocycles. The summed E-state index contributed by atoms with van der Waals surface area (Å²) in [6.07, 6.45) is 1.46. The number of carbonyl (C=O) groups excluding carboxylic acids is 1. The molecule has 6 heteroatoms. The van der Waals surface area contributed by atoms with E-state index in [0.29, 0.717) is 5.56 Å². The third-order valence-corrected chi connectivity index (χ3v) is 3.14. The molecule has 0 atom stereocenters. The molecule has 0 saturated heterocycles. The van der Waals surface area contributed by atoms with Gasteiger partial charge in [-0.15, -0.1) is 0 Å². The summed E-state index contributed by atoms with van der Waals surface area (Å²) in [5, 5.41) is 15.7. The van der Waals surface area contributed by atoms with Crippen molar-refractivity contribution < 1.29 is 14.7 Å². The average molecular weight is 311 g/mol. The van der Waals surface area contributed by atoms with Crippen LogP contribution in [0.15, 0.2) is 53.6 Å². The predicted molar refractivity (Wildman–Crippen MR) is 88.8 cm³/mol. The number of hydrogen-bond acceptors (Lipinski definition) is 4. The lowest BCUT2D eigenvalue weighted by Gasteiger charge is -2.07. The zero-order chi connectivity index (χ0) is 16.7. The fourth-order valence-electron chi connectivity index (χ4n) is 1.88. The molecule has 0 spiro atoms. The molecular formula is C17H17N3O3. The van der Waals surface area contributed by atoms with Crippen LogP contribution >= 0.6 is 0 Å². The van der Waals surface area contributed by atoms with Crippen molar-refractivity contribution in [1.29, 1.82) is 0 Å². The van der Waals surface area contributed by atoms with E-state index < -0.39 is 5.97 Å². The van der Waals surface area contributed by atoms with Crippen molar-refractivity contribution in [2.75, 3.05) is 11.9 Å². The molecule has 6 nitrogen and oxygen atoms in total. The van der Waals surface area contributed by atoms with Crippen LogP contribution in [0, 0.1) is 6.92 Å². The number of para-hydroxylation sites is 1. The van der Waals surface area contributed by atoms with Crippen molar-refractivity contribution in [2.24, 2.45) is 5.10 Å². The molecule has 3 N–H and O–H groups in total. The van der Waals surface area contributed by atoms with Crippen LogP contribution in [-0.4, -0.2) is 29.7 Å². The second-order valence-electron chi connectivity index (χ2n) is 4.89. The largest absolute Gasteiger partial charge is 0.478 e. The van der Waals surface area contributed by atoms with E-state index in [0.717, 1.165) is 11.3 Å². The molecule has 0 aromatic heterocycles. The Morgan fingerprint density at radius 3 is 2.48 bits per heavy atom. The normalized spacial score (nSPS) is 10.5. The van der Waals surface area contributed by atoms with E-state index in [1.54, 1.807) is 12.1 Å². The van der Waals surface area contributed by atoms with E-state index in [2.05, 4.69) is 15.8 Å². The highest BCUT2D eigenvalue weighted by molar-refractivity contribution is 5.89. The average Bonchev–Trinajstić information content (AvgIpc) is 2.54. The summed E-state index contributed by atoms with van der Waals surface area (Å²) in [6, 6.07) is 13.9. The second kappa shape index (κ2) is 7.74. The van der Waals surface area contributed by atoms with Gasteiger partial charge in [0, 0.05) is 5.69 Å². The summed E-state index contributed by atoms with van der Waals surface area (Å²) < 4.78 is 0. The molecule has 0 radical (unpaired) electrons. The van der Waals surface area contributed by atoms with Crippen LogP contribution in [0.3, 0.4) is 0 Å². The first-order valence-corrected chi connectivity index (χ1v) is 7.01. The lowest BCUT2D eigenvalue weighted by Crippen LogP contribution is -2.26. The van der Waals surface area contributed by atoms with Gasteiger partial charge in [0.25, 0.3) is 5.91 Å². The third kappa shape index (κ3) is 4.96. The van der Waals surface area contributed by atoms with Crippen LogP contribution in [0.1, 0.15) is 21.5 Å². The smallest absolute Gasteiger partial charge is 0.335 e. The minimum Gasteiger partial charge on any atom is -0.478 e. The molecule has 0 aliphatic rings. The topological polar surface area (TPSA) is 90.8 Å². The molecule has 0 heterocycles. The highest BCUT2D eigenvalue weighted by Crippen LogP contribution is 2.12. The number of hydrogen-bond donors (Lipinski definition) is 3. The second-order valence-corrected chi connectivity index (χ2v) is 4.89. The van der Waals surface area contributed by atoms with Crippen LogP contribution in [0.25, 0.3) is 0 Å². The number of carboxylic acid groups (broad SMARTS) is 1. The van der Waals surface area contributed by atoms with Gasteiger partial charge in [0.2, 0.25) is 0 Å². The first kappa shape index (κ1) is 16.2. The Hall–Kier alpha value is -3.15. The van der Waals surface area contributed by atoms with E-state index in [4.69, 9.17) is 5.11 Å². The SMILES string of the molecule is Cc1ccccc1NCC(=O)NN=Cc1ccc(C(=O)O)cc1. The van der Waals surface area contributed by atoms with Crippen LogP contribution in [-0.2, 0) is 4.79 Å². The third-order valence-electron chi connectivity index (χ3n) is 3.14. The molecule has 118 valence electrons. The maximum Gasteiger partial charge on any atom is 0.335 e. The Labute approximate surface area is 133 Å². The standard InChI is InChI=1S/C17H17N3O3/c1-12-4-2-3-5-15(12)18-11-16(21)20-19-10-13-6-8-14(9-7-13)17(22)23/h2-10,18H,11H2,1H3,(H,20,21)(H,22,23). The fourth-order valence-corrected chi connectivity index (χ4v) is 1.88. The summed E-state index contributed by atoms with van der Waals surface area (Å²) in [6.45, 7) is 2.07. The zero-order valence-electron chi connectivity index (χ0n) is 12.6. The van der Waals surface area contributed by atoms with Crippen molar-refractivity contribution >= 4 is 23.8 Å². The van der Waals surface area contributed by atoms with Crippen molar-refractivity contribution in [3.8, 4) is 0 Å². The number of amides is 1. The number of aromatic carboxylic acids is 1. The van der Waals surface area contributed by atoms with Gasteiger partial charge >= 0.3 is 5.97 Å². The van der Waals surface area contributed by atoms with Crippen LogP contribution in [0.2, 0.25) is 0 Å². The van der Waals surface area contributed by atoms with Crippen molar-refractivity contribution in [2.45, 2.75) is 6.92 Å². The summed E-state index contributed by atoms with van der Waals surface area (Å²) >= 11 is 0. The van der Waals surface area contributed by atoms with Crippen LogP contribution < -0.4 is 10.7 Å². The molecule has 0 saturated carbocycles. The number of carboxylic acids is 1. The molecule has 2 aromatic rings. The molecule has 0 fully saturated rings. The molecule has 1 amide bonds. The minimum absolute atomic E-state index is 0.111. The van der Waals surface area contributed by atoms with E-state index in [9.17, 15) is 9.59 Å². The van der Waals surface area contributed by atoms with Crippen molar-refractivity contribution in [1.82, 2.24) is 5.43 Å². The maximum atomic E-state index is 11.7. The van der Waals surface area contributed by atoms with Crippen molar-refractivity contribution in [3.63, 3.8) is 0 Å². The Bertz CT molecular complexity index is 724. The van der Waals surface area contributed by atoms with E-state index >= 15 is 0 Å². The molecule has 23 heavy (non-hydrogen) atoms. The van der Waals surface area contributed by atoms with Gasteiger partial charge in [-0.25, -0.2) is 10.2 Å².